The van der Waals surface area contributed by atoms with Crippen LogP contribution in [0.1, 0.15) is 56.5 Å². The van der Waals surface area contributed by atoms with Crippen molar-refractivity contribution >= 4 is 11.3 Å². The van der Waals surface area contributed by atoms with E-state index in [4.69, 9.17) is 28.4 Å². The van der Waals surface area contributed by atoms with Gasteiger partial charge in [-0.1, -0.05) is 13.8 Å². The van der Waals surface area contributed by atoms with Crippen LogP contribution in [0.4, 0.5) is 0 Å². The van der Waals surface area contributed by atoms with Crippen molar-refractivity contribution < 1.29 is 28.4 Å². The number of hydrogen-bond acceptors (Lipinski definition) is 8. The van der Waals surface area contributed by atoms with Crippen molar-refractivity contribution in [1.29, 1.82) is 5.26 Å². The molecule has 1 aromatic rings. The Bertz CT molecular complexity index is 793. The summed E-state index contributed by atoms with van der Waals surface area (Å²) in [5.74, 6) is -1.31. The first-order valence-electron chi connectivity index (χ1n) is 10.2. The highest BCUT2D eigenvalue weighted by Gasteiger charge is 2.59. The number of nitrogens with zero attached hydrogens (tertiary/aromatic N) is 1. The molecule has 0 spiro atoms. The summed E-state index contributed by atoms with van der Waals surface area (Å²) < 4.78 is 36.9. The third-order valence-electron chi connectivity index (χ3n) is 6.19. The highest BCUT2D eigenvalue weighted by Crippen LogP contribution is 2.43. The van der Waals surface area contributed by atoms with Gasteiger partial charge in [-0.25, -0.2) is 0 Å². The minimum atomic E-state index is -0.691. The molecule has 1 aromatic heterocycles. The fraction of sp³-hybridized carbons (Fsp3) is 0.762. The van der Waals surface area contributed by atoms with E-state index >= 15 is 0 Å². The zero-order valence-corrected chi connectivity index (χ0v) is 18.4. The number of fused-ring (bicyclic) bond motifs is 1. The molecule has 0 N–H and O–H groups in total. The molecule has 4 heterocycles. The lowest BCUT2D eigenvalue weighted by Crippen LogP contribution is -2.44. The van der Waals surface area contributed by atoms with Gasteiger partial charge >= 0.3 is 0 Å². The lowest BCUT2D eigenvalue weighted by Gasteiger charge is -2.30. The van der Waals surface area contributed by atoms with Gasteiger partial charge in [-0.15, -0.1) is 11.3 Å². The normalized spacial score (nSPS) is 41.6. The number of aryl methyl sites for hydroxylation is 1. The third kappa shape index (κ3) is 3.86. The standard InChI is InChI=1S/C21H29NO6S/c1-6-20(4)24-10-14(26-20)16-17(18-19(25-16)28-21(5,7-2)27-18)23-9-13-12(3)11-29-15(13)8-22/h11,14,16-19H,6-7,9-10H2,1-5H3/t14-,16-,17+,18-,19-,20?,21?/m1/s1. The lowest BCUT2D eigenvalue weighted by atomic mass is 10.1. The van der Waals surface area contributed by atoms with Crippen LogP contribution in [-0.2, 0) is 35.0 Å². The Morgan fingerprint density at radius 2 is 1.93 bits per heavy atom. The number of rotatable bonds is 6. The maximum atomic E-state index is 9.38. The first-order valence-corrected chi connectivity index (χ1v) is 11.1. The first-order chi connectivity index (χ1) is 13.8. The number of ether oxygens (including phenoxy) is 6. The molecular formula is C21H29NO6S. The molecule has 7 nitrogen and oxygen atoms in total. The molecule has 0 aliphatic carbocycles. The third-order valence-corrected chi connectivity index (χ3v) is 7.23. The van der Waals surface area contributed by atoms with Crippen molar-refractivity contribution in [2.24, 2.45) is 0 Å². The molecule has 3 saturated heterocycles. The lowest BCUT2D eigenvalue weighted by molar-refractivity contribution is -0.245. The van der Waals surface area contributed by atoms with Crippen molar-refractivity contribution in [2.75, 3.05) is 6.61 Å². The second kappa shape index (κ2) is 7.89. The van der Waals surface area contributed by atoms with Gasteiger partial charge in [-0.05, 0) is 44.6 Å². The van der Waals surface area contributed by atoms with E-state index in [-0.39, 0.29) is 24.4 Å². The maximum Gasteiger partial charge on any atom is 0.190 e. The van der Waals surface area contributed by atoms with Gasteiger partial charge in [0, 0.05) is 5.56 Å². The average Bonchev–Trinajstić information content (AvgIpc) is 3.43. The quantitative estimate of drug-likeness (QED) is 0.691. The van der Waals surface area contributed by atoms with E-state index in [9.17, 15) is 5.26 Å². The van der Waals surface area contributed by atoms with Crippen molar-refractivity contribution in [2.45, 2.75) is 96.3 Å². The zero-order chi connectivity index (χ0) is 20.8. The van der Waals surface area contributed by atoms with E-state index in [1.807, 2.05) is 40.0 Å². The molecule has 4 rings (SSSR count). The monoisotopic (exact) mass is 423 g/mol. The summed E-state index contributed by atoms with van der Waals surface area (Å²) in [6.07, 6.45) is -0.432. The number of thiophene rings is 1. The van der Waals surface area contributed by atoms with Crippen LogP contribution < -0.4 is 0 Å². The molecule has 29 heavy (non-hydrogen) atoms. The Hall–Kier alpha value is -1.05. The van der Waals surface area contributed by atoms with Gasteiger partial charge in [0.15, 0.2) is 17.9 Å². The van der Waals surface area contributed by atoms with Gasteiger partial charge in [0.2, 0.25) is 0 Å². The highest BCUT2D eigenvalue weighted by atomic mass is 32.1. The minimum Gasteiger partial charge on any atom is -0.368 e. The summed E-state index contributed by atoms with van der Waals surface area (Å²) >= 11 is 1.44. The molecule has 0 bridgehead atoms. The molecule has 7 atom stereocenters. The number of hydrogen-bond donors (Lipinski definition) is 0. The Morgan fingerprint density at radius 3 is 2.59 bits per heavy atom. The average molecular weight is 424 g/mol. The Balaban J connectivity index is 1.54. The molecule has 3 fully saturated rings. The molecule has 3 aliphatic heterocycles. The van der Waals surface area contributed by atoms with Crippen LogP contribution in [0.5, 0.6) is 0 Å². The van der Waals surface area contributed by atoms with Crippen LogP contribution in [0, 0.1) is 18.3 Å². The van der Waals surface area contributed by atoms with E-state index < -0.39 is 17.9 Å². The SMILES string of the molecule is CCC1(C)O[C@H]2O[C@H]([C@H]3COC(C)(CC)O3)[C@H](OCc3c(C)csc3C#N)[C@H]2O1. The van der Waals surface area contributed by atoms with Crippen LogP contribution in [0.15, 0.2) is 5.38 Å². The second-order valence-electron chi connectivity index (χ2n) is 8.23. The molecule has 160 valence electrons. The minimum absolute atomic E-state index is 0.269. The molecule has 3 aliphatic rings. The highest BCUT2D eigenvalue weighted by molar-refractivity contribution is 7.10. The van der Waals surface area contributed by atoms with Gasteiger partial charge in [0.1, 0.15) is 35.4 Å². The van der Waals surface area contributed by atoms with Crippen molar-refractivity contribution in [3.8, 4) is 6.07 Å². The fourth-order valence-electron chi connectivity index (χ4n) is 4.00. The van der Waals surface area contributed by atoms with Gasteiger partial charge < -0.3 is 28.4 Å². The van der Waals surface area contributed by atoms with E-state index in [2.05, 4.69) is 6.07 Å². The van der Waals surface area contributed by atoms with E-state index in [1.165, 1.54) is 11.3 Å². The topological polar surface area (TPSA) is 79.2 Å². The zero-order valence-electron chi connectivity index (χ0n) is 17.6. The van der Waals surface area contributed by atoms with Crippen molar-refractivity contribution in [3.63, 3.8) is 0 Å². The van der Waals surface area contributed by atoms with Gasteiger partial charge in [0.25, 0.3) is 0 Å². The molecule has 2 unspecified atom stereocenters. The fourth-order valence-corrected chi connectivity index (χ4v) is 4.85. The van der Waals surface area contributed by atoms with E-state index in [1.54, 1.807) is 0 Å². The summed E-state index contributed by atoms with van der Waals surface area (Å²) in [6.45, 7) is 10.6. The van der Waals surface area contributed by atoms with E-state index in [0.717, 1.165) is 17.5 Å². The Kier molecular flexibility index (Phi) is 5.77. The molecule has 8 heteroatoms. The summed E-state index contributed by atoms with van der Waals surface area (Å²) in [6, 6.07) is 2.25. The van der Waals surface area contributed by atoms with Crippen LogP contribution >= 0.6 is 11.3 Å². The van der Waals surface area contributed by atoms with Gasteiger partial charge in [0.05, 0.1) is 13.2 Å². The molecule has 0 saturated carbocycles. The summed E-state index contributed by atoms with van der Waals surface area (Å²) in [4.78, 5) is 0.676. The van der Waals surface area contributed by atoms with Crippen LogP contribution in [0.3, 0.4) is 0 Å². The summed E-state index contributed by atoms with van der Waals surface area (Å²) in [5, 5.41) is 11.4. The van der Waals surface area contributed by atoms with E-state index in [0.29, 0.717) is 24.5 Å². The van der Waals surface area contributed by atoms with Crippen LogP contribution in [-0.4, -0.2) is 48.9 Å². The second-order valence-corrected chi connectivity index (χ2v) is 9.10. The Labute approximate surface area is 175 Å². The van der Waals surface area contributed by atoms with Gasteiger partial charge in [-0.2, -0.15) is 5.26 Å². The van der Waals surface area contributed by atoms with Crippen molar-refractivity contribution in [3.05, 3.63) is 21.4 Å². The maximum absolute atomic E-state index is 9.38. The predicted molar refractivity (Wildman–Crippen MR) is 105 cm³/mol. The van der Waals surface area contributed by atoms with Crippen molar-refractivity contribution in [1.82, 2.24) is 0 Å². The molecule has 0 radical (unpaired) electrons. The van der Waals surface area contributed by atoms with Gasteiger partial charge in [-0.3, -0.25) is 0 Å². The summed E-state index contributed by atoms with van der Waals surface area (Å²) in [7, 11) is 0. The molecule has 0 aromatic carbocycles. The predicted octanol–water partition coefficient (Wildman–Crippen LogP) is 3.62. The molecule has 0 amide bonds. The smallest absolute Gasteiger partial charge is 0.190 e. The number of nitriles is 1. The molecular weight excluding hydrogens is 394 g/mol. The summed E-state index contributed by atoms with van der Waals surface area (Å²) in [5.41, 5.74) is 1.97. The largest absolute Gasteiger partial charge is 0.368 e. The Morgan fingerprint density at radius 1 is 1.17 bits per heavy atom. The van der Waals surface area contributed by atoms with Crippen LogP contribution in [0.2, 0.25) is 0 Å². The van der Waals surface area contributed by atoms with Crippen LogP contribution in [0.25, 0.3) is 0 Å². The first kappa shape index (κ1) is 21.2.